The fourth-order valence-electron chi connectivity index (χ4n) is 4.63. The highest BCUT2D eigenvalue weighted by atomic mass is 35.5. The second-order valence-electron chi connectivity index (χ2n) is 9.54. The zero-order valence-electron chi connectivity index (χ0n) is 20.3. The van der Waals surface area contributed by atoms with Crippen LogP contribution in [-0.4, -0.2) is 44.0 Å². The number of esters is 2. The molecule has 0 aromatic heterocycles. The molecule has 188 valence electrons. The van der Waals surface area contributed by atoms with Crippen molar-refractivity contribution in [3.63, 3.8) is 0 Å². The average molecular weight is 501 g/mol. The zero-order chi connectivity index (χ0) is 24.8. The van der Waals surface area contributed by atoms with Crippen LogP contribution in [0.3, 0.4) is 0 Å². The predicted octanol–water partition coefficient (Wildman–Crippen LogP) is 5.22. The lowest BCUT2D eigenvalue weighted by Gasteiger charge is -2.35. The molecule has 2 aromatic rings. The fourth-order valence-corrected chi connectivity index (χ4v) is 4.82. The van der Waals surface area contributed by atoms with Crippen LogP contribution in [0.1, 0.15) is 61.5 Å². The van der Waals surface area contributed by atoms with Crippen molar-refractivity contribution >= 4 is 23.5 Å². The Morgan fingerprint density at radius 3 is 2.40 bits per heavy atom. The van der Waals surface area contributed by atoms with Gasteiger partial charge in [0.15, 0.2) is 0 Å². The van der Waals surface area contributed by atoms with E-state index >= 15 is 0 Å². The van der Waals surface area contributed by atoms with Crippen LogP contribution in [-0.2, 0) is 41.4 Å². The summed E-state index contributed by atoms with van der Waals surface area (Å²) in [5.41, 5.74) is 4.51. The minimum Gasteiger partial charge on any atom is -0.463 e. The molecule has 2 heterocycles. The maximum atomic E-state index is 11.6. The first-order valence-corrected chi connectivity index (χ1v) is 12.6. The van der Waals surface area contributed by atoms with E-state index in [1.807, 2.05) is 12.1 Å². The normalized spacial score (nSPS) is 22.3. The molecule has 2 aliphatic rings. The van der Waals surface area contributed by atoms with Gasteiger partial charge in [-0.3, -0.25) is 9.59 Å². The Bertz CT molecular complexity index is 1020. The summed E-state index contributed by atoms with van der Waals surface area (Å²) < 4.78 is 22.1. The molecule has 2 aromatic carbocycles. The van der Waals surface area contributed by atoms with Gasteiger partial charge in [-0.25, -0.2) is 0 Å². The van der Waals surface area contributed by atoms with Gasteiger partial charge in [-0.1, -0.05) is 48.0 Å². The van der Waals surface area contributed by atoms with Gasteiger partial charge in [0.05, 0.1) is 25.4 Å². The van der Waals surface area contributed by atoms with E-state index in [4.69, 9.17) is 30.5 Å². The van der Waals surface area contributed by atoms with E-state index in [2.05, 4.69) is 30.3 Å². The van der Waals surface area contributed by atoms with E-state index in [-0.39, 0.29) is 36.9 Å². The number of halogens is 1. The van der Waals surface area contributed by atoms with Crippen molar-refractivity contribution in [2.24, 2.45) is 5.92 Å². The van der Waals surface area contributed by atoms with Crippen LogP contribution in [0, 0.1) is 5.92 Å². The molecule has 0 amide bonds. The smallest absolute Gasteiger partial charge is 0.302 e. The third-order valence-corrected chi connectivity index (χ3v) is 6.94. The molecule has 0 N–H and O–H groups in total. The predicted molar refractivity (Wildman–Crippen MR) is 132 cm³/mol. The topological polar surface area (TPSA) is 71.1 Å². The van der Waals surface area contributed by atoms with Gasteiger partial charge in [0.1, 0.15) is 12.7 Å². The molecule has 0 aliphatic carbocycles. The molecule has 4 rings (SSSR count). The quantitative estimate of drug-likeness (QED) is 0.439. The molecule has 0 saturated carbocycles. The standard InChI is InChI=1S/C28H33ClO6/c1-18(30)33-17-26-13-25(34-19(2)31)14-28(35-26)23-9-10-27(29)24(12-23)11-21-6-3-20(4-7-21)5-8-22-15-32-16-22/h3-4,6-7,9-10,12,22,25-26,28H,5,8,11,13-17H2,1-2H3/t25-,26-,28+/m0/s1. The van der Waals surface area contributed by atoms with Gasteiger partial charge < -0.3 is 18.9 Å². The molecule has 2 fully saturated rings. The molecule has 0 unspecified atom stereocenters. The fraction of sp³-hybridized carbons (Fsp3) is 0.500. The van der Waals surface area contributed by atoms with Gasteiger partial charge in [-0.2, -0.15) is 0 Å². The maximum absolute atomic E-state index is 11.6. The summed E-state index contributed by atoms with van der Waals surface area (Å²) in [6.07, 6.45) is 3.04. The van der Waals surface area contributed by atoms with Crippen molar-refractivity contribution in [3.05, 3.63) is 69.7 Å². The third-order valence-electron chi connectivity index (χ3n) is 6.57. The van der Waals surface area contributed by atoms with Gasteiger partial charge in [-0.05, 0) is 47.6 Å². The molecule has 35 heavy (non-hydrogen) atoms. The number of carbonyl (C=O) groups excluding carboxylic acids is 2. The third kappa shape index (κ3) is 7.53. The van der Waals surface area contributed by atoms with Crippen molar-refractivity contribution in [1.29, 1.82) is 0 Å². The Labute approximate surface area is 211 Å². The van der Waals surface area contributed by atoms with Gasteiger partial charge >= 0.3 is 11.9 Å². The van der Waals surface area contributed by atoms with E-state index in [1.54, 1.807) is 0 Å². The van der Waals surface area contributed by atoms with Crippen molar-refractivity contribution < 1.29 is 28.5 Å². The molecular weight excluding hydrogens is 468 g/mol. The van der Waals surface area contributed by atoms with Gasteiger partial charge in [0, 0.05) is 37.6 Å². The van der Waals surface area contributed by atoms with Crippen molar-refractivity contribution in [3.8, 4) is 0 Å². The Kier molecular flexibility index (Phi) is 8.82. The summed E-state index contributed by atoms with van der Waals surface area (Å²) in [5.74, 6) is 0.00653. The minimum atomic E-state index is -0.364. The second-order valence-corrected chi connectivity index (χ2v) is 9.95. The molecular formula is C28H33ClO6. The highest BCUT2D eigenvalue weighted by molar-refractivity contribution is 6.31. The van der Waals surface area contributed by atoms with Crippen LogP contribution in [0.5, 0.6) is 0 Å². The largest absolute Gasteiger partial charge is 0.463 e. The van der Waals surface area contributed by atoms with Crippen molar-refractivity contribution in [1.82, 2.24) is 0 Å². The summed E-state index contributed by atoms with van der Waals surface area (Å²) >= 11 is 6.55. The highest BCUT2D eigenvalue weighted by Gasteiger charge is 2.33. The summed E-state index contributed by atoms with van der Waals surface area (Å²) in [6.45, 7) is 4.68. The number of rotatable bonds is 9. The average Bonchev–Trinajstić information content (AvgIpc) is 2.78. The minimum absolute atomic E-state index is 0.129. The van der Waals surface area contributed by atoms with E-state index in [1.165, 1.54) is 31.4 Å². The number of benzene rings is 2. The van der Waals surface area contributed by atoms with Crippen LogP contribution in [0.4, 0.5) is 0 Å². The van der Waals surface area contributed by atoms with Gasteiger partial charge in [0.2, 0.25) is 0 Å². The summed E-state index contributed by atoms with van der Waals surface area (Å²) in [5, 5.41) is 0.701. The number of carbonyl (C=O) groups is 2. The van der Waals surface area contributed by atoms with E-state index in [0.717, 1.165) is 30.8 Å². The molecule has 2 saturated heterocycles. The SMILES string of the molecule is CC(=O)OC[C@@H]1C[C@H](OC(C)=O)C[C@H](c2ccc(Cl)c(Cc3ccc(CCC4COC4)cc3)c2)O1. The lowest BCUT2D eigenvalue weighted by atomic mass is 9.93. The monoisotopic (exact) mass is 500 g/mol. The maximum Gasteiger partial charge on any atom is 0.302 e. The Balaban J connectivity index is 1.43. The molecule has 2 aliphatic heterocycles. The van der Waals surface area contributed by atoms with Crippen LogP contribution in [0.25, 0.3) is 0 Å². The molecule has 7 heteroatoms. The first kappa shape index (κ1) is 25.7. The molecule has 6 nitrogen and oxygen atoms in total. The lowest BCUT2D eigenvalue weighted by Crippen LogP contribution is -2.36. The summed E-state index contributed by atoms with van der Waals surface area (Å²) in [4.78, 5) is 22.8. The molecule has 0 radical (unpaired) electrons. The number of aryl methyl sites for hydroxylation is 1. The summed E-state index contributed by atoms with van der Waals surface area (Å²) in [6, 6.07) is 14.6. The highest BCUT2D eigenvalue weighted by Crippen LogP contribution is 2.35. The Morgan fingerprint density at radius 1 is 1.00 bits per heavy atom. The number of ether oxygens (including phenoxy) is 4. The zero-order valence-corrected chi connectivity index (χ0v) is 21.1. The molecule has 0 bridgehead atoms. The Morgan fingerprint density at radius 2 is 1.74 bits per heavy atom. The van der Waals surface area contributed by atoms with E-state index < -0.39 is 0 Å². The van der Waals surface area contributed by atoms with Crippen molar-refractivity contribution in [2.75, 3.05) is 19.8 Å². The van der Waals surface area contributed by atoms with Crippen molar-refractivity contribution in [2.45, 2.75) is 64.3 Å². The van der Waals surface area contributed by atoms with Crippen LogP contribution < -0.4 is 0 Å². The number of hydrogen-bond acceptors (Lipinski definition) is 6. The molecule has 0 spiro atoms. The van der Waals surface area contributed by atoms with Crippen LogP contribution >= 0.6 is 11.6 Å². The molecule has 3 atom stereocenters. The van der Waals surface area contributed by atoms with E-state index in [9.17, 15) is 9.59 Å². The van der Waals surface area contributed by atoms with Gasteiger partial charge in [0.25, 0.3) is 0 Å². The van der Waals surface area contributed by atoms with Crippen LogP contribution in [0.2, 0.25) is 5.02 Å². The van der Waals surface area contributed by atoms with Crippen LogP contribution in [0.15, 0.2) is 42.5 Å². The summed E-state index contributed by atoms with van der Waals surface area (Å²) in [7, 11) is 0. The number of hydrogen-bond donors (Lipinski definition) is 0. The first-order chi connectivity index (χ1) is 16.9. The van der Waals surface area contributed by atoms with Gasteiger partial charge in [-0.15, -0.1) is 0 Å². The Hall–Kier alpha value is -2.41. The second kappa shape index (κ2) is 12.0. The van der Waals surface area contributed by atoms with E-state index in [0.29, 0.717) is 30.2 Å². The first-order valence-electron chi connectivity index (χ1n) is 12.3. The lowest BCUT2D eigenvalue weighted by molar-refractivity contribution is -0.169.